The summed E-state index contributed by atoms with van der Waals surface area (Å²) in [6.07, 6.45) is 0.507. The number of rotatable bonds is 8. The molecule has 0 aliphatic heterocycles. The molecular weight excluding hydrogens is 318 g/mol. The average molecular weight is 343 g/mol. The van der Waals surface area contributed by atoms with Gasteiger partial charge in [0.15, 0.2) is 6.10 Å². The fraction of sp³-hybridized carbons (Fsp3) is 0.533. The molecule has 0 bridgehead atoms. The third-order valence-electron chi connectivity index (χ3n) is 3.24. The first-order valence-corrected chi connectivity index (χ1v) is 9.09. The molecule has 0 aliphatic rings. The van der Waals surface area contributed by atoms with Crippen LogP contribution in [0.4, 0.5) is 5.69 Å². The molecule has 0 unspecified atom stereocenters. The summed E-state index contributed by atoms with van der Waals surface area (Å²) in [4.78, 5) is 13.9. The van der Waals surface area contributed by atoms with Gasteiger partial charge < -0.3 is 15.0 Å². The third-order valence-corrected chi connectivity index (χ3v) is 4.44. The second-order valence-corrected chi connectivity index (χ2v) is 7.59. The van der Waals surface area contributed by atoms with E-state index in [0.29, 0.717) is 18.0 Å². The van der Waals surface area contributed by atoms with E-state index in [4.69, 9.17) is 4.74 Å². The predicted octanol–water partition coefficient (Wildman–Crippen LogP) is 0.528. The van der Waals surface area contributed by atoms with Crippen LogP contribution in [-0.4, -0.2) is 65.8 Å². The van der Waals surface area contributed by atoms with Crippen LogP contribution in [0.3, 0.4) is 0 Å². The molecule has 1 atom stereocenters. The van der Waals surface area contributed by atoms with Crippen molar-refractivity contribution in [2.75, 3.05) is 44.8 Å². The molecule has 0 aromatic heterocycles. The average Bonchev–Trinajstić information content (AvgIpc) is 2.45. The van der Waals surface area contributed by atoms with Gasteiger partial charge in [-0.15, -0.1) is 0 Å². The first-order valence-electron chi connectivity index (χ1n) is 7.24. The Morgan fingerprint density at radius 3 is 2.26 bits per heavy atom. The highest BCUT2D eigenvalue weighted by Crippen LogP contribution is 2.20. The summed E-state index contributed by atoms with van der Waals surface area (Å²) < 4.78 is 29.7. The molecule has 0 saturated carbocycles. The van der Waals surface area contributed by atoms with E-state index in [1.807, 2.05) is 19.0 Å². The number of nitrogens with one attached hydrogen (secondary N) is 1. The Morgan fingerprint density at radius 1 is 1.22 bits per heavy atom. The van der Waals surface area contributed by atoms with Crippen molar-refractivity contribution in [3.63, 3.8) is 0 Å². The van der Waals surface area contributed by atoms with E-state index in [2.05, 4.69) is 5.32 Å². The maximum Gasteiger partial charge on any atom is 0.260 e. The molecule has 1 rings (SSSR count). The number of anilines is 1. The zero-order valence-electron chi connectivity index (χ0n) is 14.2. The topological polar surface area (TPSA) is 78.9 Å². The number of hydrogen-bond acceptors (Lipinski definition) is 5. The molecule has 7 nitrogen and oxygen atoms in total. The molecular formula is C15H25N3O4S. The van der Waals surface area contributed by atoms with Gasteiger partial charge in [-0.3, -0.25) is 9.10 Å². The largest absolute Gasteiger partial charge is 0.481 e. The molecule has 0 fully saturated rings. The van der Waals surface area contributed by atoms with Gasteiger partial charge in [0, 0.05) is 20.1 Å². The van der Waals surface area contributed by atoms with Crippen molar-refractivity contribution >= 4 is 21.6 Å². The van der Waals surface area contributed by atoms with Crippen molar-refractivity contribution < 1.29 is 17.9 Å². The van der Waals surface area contributed by atoms with Crippen LogP contribution in [0.15, 0.2) is 24.3 Å². The van der Waals surface area contributed by atoms with Crippen molar-refractivity contribution in [1.29, 1.82) is 0 Å². The second-order valence-electron chi connectivity index (χ2n) is 5.58. The van der Waals surface area contributed by atoms with Gasteiger partial charge >= 0.3 is 0 Å². The highest BCUT2D eigenvalue weighted by molar-refractivity contribution is 7.92. The van der Waals surface area contributed by atoms with E-state index in [1.54, 1.807) is 31.2 Å². The maximum atomic E-state index is 11.9. The van der Waals surface area contributed by atoms with Crippen LogP contribution >= 0.6 is 0 Å². The summed E-state index contributed by atoms with van der Waals surface area (Å²) >= 11 is 0. The zero-order valence-corrected chi connectivity index (χ0v) is 15.1. The Bertz CT molecular complexity index is 614. The first kappa shape index (κ1) is 19.2. The first-order chi connectivity index (χ1) is 10.6. The molecule has 8 heteroatoms. The van der Waals surface area contributed by atoms with Gasteiger partial charge in [-0.2, -0.15) is 0 Å². The number of carbonyl (C=O) groups is 1. The summed E-state index contributed by atoms with van der Waals surface area (Å²) in [6, 6.07) is 6.54. The molecule has 1 amide bonds. The number of benzene rings is 1. The number of nitrogens with zero attached hydrogens (tertiary/aromatic N) is 2. The standard InChI is InChI=1S/C15H25N3O4S/c1-12(15(19)16-10-11-17(2)3)22-14-8-6-13(7-9-14)18(4)23(5,20)21/h6-9,12H,10-11H2,1-5H3,(H,16,19)/t12-/m1/s1. The quantitative estimate of drug-likeness (QED) is 0.745. The summed E-state index contributed by atoms with van der Waals surface area (Å²) in [7, 11) is 2.04. The molecule has 1 aromatic rings. The molecule has 0 spiro atoms. The van der Waals surface area contributed by atoms with E-state index in [9.17, 15) is 13.2 Å². The third kappa shape index (κ3) is 6.45. The summed E-state index contributed by atoms with van der Waals surface area (Å²) in [6.45, 7) is 2.98. The molecule has 0 radical (unpaired) electrons. The van der Waals surface area contributed by atoms with Crippen molar-refractivity contribution in [3.05, 3.63) is 24.3 Å². The number of hydrogen-bond donors (Lipinski definition) is 1. The van der Waals surface area contributed by atoms with Crippen LogP contribution in [0.5, 0.6) is 5.75 Å². The van der Waals surface area contributed by atoms with Crippen molar-refractivity contribution in [3.8, 4) is 5.75 Å². The lowest BCUT2D eigenvalue weighted by Crippen LogP contribution is -2.39. The molecule has 0 saturated heterocycles. The van der Waals surface area contributed by atoms with E-state index in [1.165, 1.54) is 11.4 Å². The Labute approximate surface area is 138 Å². The van der Waals surface area contributed by atoms with E-state index < -0.39 is 16.1 Å². The van der Waals surface area contributed by atoms with Crippen LogP contribution < -0.4 is 14.4 Å². The van der Waals surface area contributed by atoms with Gasteiger partial charge in [0.1, 0.15) is 5.75 Å². The van der Waals surface area contributed by atoms with Crippen LogP contribution in [0.2, 0.25) is 0 Å². The minimum Gasteiger partial charge on any atom is -0.481 e. The molecule has 23 heavy (non-hydrogen) atoms. The zero-order chi connectivity index (χ0) is 17.6. The van der Waals surface area contributed by atoms with Crippen LogP contribution in [0.1, 0.15) is 6.92 Å². The van der Waals surface area contributed by atoms with Gasteiger partial charge in [-0.25, -0.2) is 8.42 Å². The molecule has 0 heterocycles. The smallest absolute Gasteiger partial charge is 0.260 e. The van der Waals surface area contributed by atoms with Gasteiger partial charge in [-0.05, 0) is 45.3 Å². The summed E-state index contributed by atoms with van der Waals surface area (Å²) in [5, 5.41) is 2.79. The lowest BCUT2D eigenvalue weighted by molar-refractivity contribution is -0.127. The van der Waals surface area contributed by atoms with Crippen molar-refractivity contribution in [2.24, 2.45) is 0 Å². The Kier molecular flexibility index (Phi) is 6.83. The lowest BCUT2D eigenvalue weighted by Gasteiger charge is -2.18. The maximum absolute atomic E-state index is 11.9. The Balaban J connectivity index is 2.59. The highest BCUT2D eigenvalue weighted by Gasteiger charge is 2.15. The SMILES string of the molecule is C[C@@H](Oc1ccc(N(C)S(C)(=O)=O)cc1)C(=O)NCCN(C)C. The van der Waals surface area contributed by atoms with Gasteiger partial charge in [0.25, 0.3) is 5.91 Å². The van der Waals surface area contributed by atoms with Gasteiger partial charge in [0.2, 0.25) is 10.0 Å². The van der Waals surface area contributed by atoms with E-state index >= 15 is 0 Å². The molecule has 1 N–H and O–H groups in total. The van der Waals surface area contributed by atoms with Crippen LogP contribution in [-0.2, 0) is 14.8 Å². The van der Waals surface area contributed by atoms with E-state index in [0.717, 1.165) is 12.8 Å². The second kappa shape index (κ2) is 8.16. The Hall–Kier alpha value is -1.80. The van der Waals surface area contributed by atoms with Crippen molar-refractivity contribution in [2.45, 2.75) is 13.0 Å². The number of ether oxygens (including phenoxy) is 1. The van der Waals surface area contributed by atoms with Gasteiger partial charge in [0.05, 0.1) is 11.9 Å². The number of amides is 1. The number of sulfonamides is 1. The van der Waals surface area contributed by atoms with Gasteiger partial charge in [-0.1, -0.05) is 0 Å². The summed E-state index contributed by atoms with van der Waals surface area (Å²) in [5.74, 6) is 0.315. The van der Waals surface area contributed by atoms with Crippen molar-refractivity contribution in [1.82, 2.24) is 10.2 Å². The monoisotopic (exact) mass is 343 g/mol. The molecule has 130 valence electrons. The fourth-order valence-electron chi connectivity index (χ4n) is 1.73. The molecule has 0 aliphatic carbocycles. The minimum absolute atomic E-state index is 0.191. The van der Waals surface area contributed by atoms with Crippen LogP contribution in [0.25, 0.3) is 0 Å². The minimum atomic E-state index is -3.30. The fourth-order valence-corrected chi connectivity index (χ4v) is 2.23. The van der Waals surface area contributed by atoms with Crippen LogP contribution in [0, 0.1) is 0 Å². The van der Waals surface area contributed by atoms with E-state index in [-0.39, 0.29) is 5.91 Å². The Morgan fingerprint density at radius 2 is 1.78 bits per heavy atom. The lowest BCUT2D eigenvalue weighted by atomic mass is 10.3. The normalized spacial score (nSPS) is 12.8. The highest BCUT2D eigenvalue weighted by atomic mass is 32.2. The summed E-state index contributed by atoms with van der Waals surface area (Å²) in [5.41, 5.74) is 0.530. The number of carbonyl (C=O) groups excluding carboxylic acids is 1. The molecule has 1 aromatic carbocycles. The number of likely N-dealkylation sites (N-methyl/N-ethyl adjacent to an activating group) is 1. The predicted molar refractivity (Wildman–Crippen MR) is 91.3 cm³/mol.